The van der Waals surface area contributed by atoms with E-state index in [0.29, 0.717) is 0 Å². The molecular formula is C10H12N4S2. The van der Waals surface area contributed by atoms with Crippen LogP contribution in [0.4, 0.5) is 5.13 Å². The molecule has 4 nitrogen and oxygen atoms in total. The average molecular weight is 252 g/mol. The van der Waals surface area contributed by atoms with Crippen LogP contribution in [0.15, 0.2) is 28.9 Å². The van der Waals surface area contributed by atoms with Gasteiger partial charge in [0.2, 0.25) is 5.13 Å². The Bertz CT molecular complexity index is 429. The van der Waals surface area contributed by atoms with E-state index < -0.39 is 0 Å². The lowest BCUT2D eigenvalue weighted by Crippen LogP contribution is -1.88. The molecule has 6 heteroatoms. The molecule has 0 saturated carbocycles. The normalized spacial score (nSPS) is 10.3. The number of aryl methyl sites for hydroxylation is 1. The molecule has 0 aliphatic heterocycles. The fourth-order valence-corrected chi connectivity index (χ4v) is 2.94. The molecule has 2 rings (SSSR count). The zero-order chi connectivity index (χ0) is 11.2. The van der Waals surface area contributed by atoms with E-state index in [2.05, 4.69) is 20.5 Å². The topological polar surface area (TPSA) is 50.7 Å². The van der Waals surface area contributed by atoms with Crippen molar-refractivity contribution < 1.29 is 0 Å². The summed E-state index contributed by atoms with van der Waals surface area (Å²) < 4.78 is 1.01. The van der Waals surface area contributed by atoms with Crippen molar-refractivity contribution in [3.8, 4) is 0 Å². The summed E-state index contributed by atoms with van der Waals surface area (Å²) in [6.45, 7) is 0. The molecule has 16 heavy (non-hydrogen) atoms. The predicted octanol–water partition coefficient (Wildman–Crippen LogP) is 2.31. The number of aromatic nitrogens is 3. The van der Waals surface area contributed by atoms with Crippen LogP contribution in [0.2, 0.25) is 0 Å². The molecule has 0 aliphatic rings. The minimum absolute atomic E-state index is 0.867. The number of anilines is 1. The van der Waals surface area contributed by atoms with Crippen molar-refractivity contribution in [1.82, 2.24) is 15.2 Å². The Morgan fingerprint density at radius 3 is 2.81 bits per heavy atom. The second-order valence-corrected chi connectivity index (χ2v) is 5.40. The fraction of sp³-hybridized carbons (Fsp3) is 0.300. The Morgan fingerprint density at radius 1 is 1.31 bits per heavy atom. The summed E-state index contributed by atoms with van der Waals surface area (Å²) in [5.41, 5.74) is 1.31. The van der Waals surface area contributed by atoms with Gasteiger partial charge in [-0.2, -0.15) is 0 Å². The molecule has 0 bridgehead atoms. The average Bonchev–Trinajstić information content (AvgIpc) is 2.78. The van der Waals surface area contributed by atoms with Gasteiger partial charge in [-0.3, -0.25) is 4.98 Å². The van der Waals surface area contributed by atoms with Gasteiger partial charge in [-0.25, -0.2) is 0 Å². The molecule has 1 N–H and O–H groups in total. The van der Waals surface area contributed by atoms with Gasteiger partial charge in [0.1, 0.15) is 0 Å². The largest absolute Gasteiger partial charge is 0.363 e. The maximum absolute atomic E-state index is 4.07. The first-order chi connectivity index (χ1) is 7.88. The summed E-state index contributed by atoms with van der Waals surface area (Å²) in [5.74, 6) is 1.02. The van der Waals surface area contributed by atoms with E-state index in [0.717, 1.165) is 21.6 Å². The lowest BCUT2D eigenvalue weighted by atomic mass is 10.2. The van der Waals surface area contributed by atoms with Crippen LogP contribution in [0.3, 0.4) is 0 Å². The molecular weight excluding hydrogens is 240 g/mol. The zero-order valence-corrected chi connectivity index (χ0v) is 10.5. The Kier molecular flexibility index (Phi) is 4.12. The van der Waals surface area contributed by atoms with Gasteiger partial charge < -0.3 is 5.32 Å². The van der Waals surface area contributed by atoms with E-state index in [1.54, 1.807) is 23.1 Å². The van der Waals surface area contributed by atoms with E-state index in [-0.39, 0.29) is 0 Å². The van der Waals surface area contributed by atoms with Crippen molar-refractivity contribution in [3.05, 3.63) is 30.1 Å². The summed E-state index contributed by atoms with van der Waals surface area (Å²) in [6, 6.07) is 4.08. The lowest BCUT2D eigenvalue weighted by molar-refractivity contribution is 1.01. The third-order valence-electron chi connectivity index (χ3n) is 1.99. The number of nitrogens with zero attached hydrogens (tertiary/aromatic N) is 3. The molecule has 0 saturated heterocycles. The van der Waals surface area contributed by atoms with Gasteiger partial charge in [0, 0.05) is 25.2 Å². The van der Waals surface area contributed by atoms with Gasteiger partial charge in [0.05, 0.1) is 0 Å². The number of thioether (sulfide) groups is 1. The highest BCUT2D eigenvalue weighted by Crippen LogP contribution is 2.25. The molecule has 0 fully saturated rings. The Labute approximate surface area is 103 Å². The second kappa shape index (κ2) is 5.81. The molecule has 2 aromatic rings. The molecule has 0 amide bonds. The maximum Gasteiger partial charge on any atom is 0.206 e. The number of hydrogen-bond acceptors (Lipinski definition) is 6. The van der Waals surface area contributed by atoms with Crippen LogP contribution in [-0.2, 0) is 6.42 Å². The summed E-state index contributed by atoms with van der Waals surface area (Å²) in [4.78, 5) is 3.99. The van der Waals surface area contributed by atoms with Crippen LogP contribution in [0.5, 0.6) is 0 Å². The predicted molar refractivity (Wildman–Crippen MR) is 68.1 cm³/mol. The van der Waals surface area contributed by atoms with Crippen LogP contribution in [-0.4, -0.2) is 28.0 Å². The van der Waals surface area contributed by atoms with Gasteiger partial charge in [0.15, 0.2) is 4.34 Å². The molecule has 2 aromatic heterocycles. The third kappa shape index (κ3) is 3.18. The van der Waals surface area contributed by atoms with Crippen molar-refractivity contribution in [2.24, 2.45) is 0 Å². The highest BCUT2D eigenvalue weighted by atomic mass is 32.2. The number of rotatable bonds is 5. The fourth-order valence-electron chi connectivity index (χ4n) is 1.17. The first kappa shape index (κ1) is 11.3. The van der Waals surface area contributed by atoms with Gasteiger partial charge >= 0.3 is 0 Å². The molecule has 0 aliphatic carbocycles. The lowest BCUT2D eigenvalue weighted by Gasteiger charge is -1.97. The van der Waals surface area contributed by atoms with Crippen LogP contribution in [0.25, 0.3) is 0 Å². The summed E-state index contributed by atoms with van der Waals surface area (Å²) in [5, 5.41) is 11.9. The van der Waals surface area contributed by atoms with E-state index >= 15 is 0 Å². The smallest absolute Gasteiger partial charge is 0.206 e. The van der Waals surface area contributed by atoms with Crippen molar-refractivity contribution in [2.75, 3.05) is 18.1 Å². The van der Waals surface area contributed by atoms with Crippen molar-refractivity contribution >= 4 is 28.2 Å². The molecule has 0 unspecified atom stereocenters. The molecule has 0 atom stereocenters. The minimum atomic E-state index is 0.867. The SMILES string of the molecule is CNc1nnc(SCCc2ccncc2)s1. The summed E-state index contributed by atoms with van der Waals surface area (Å²) >= 11 is 3.32. The highest BCUT2D eigenvalue weighted by molar-refractivity contribution is 8.01. The Morgan fingerprint density at radius 2 is 2.12 bits per heavy atom. The Hall–Kier alpha value is -1.14. The highest BCUT2D eigenvalue weighted by Gasteiger charge is 2.02. The first-order valence-electron chi connectivity index (χ1n) is 4.91. The van der Waals surface area contributed by atoms with Crippen LogP contribution in [0, 0.1) is 0 Å². The zero-order valence-electron chi connectivity index (χ0n) is 8.88. The monoisotopic (exact) mass is 252 g/mol. The van der Waals surface area contributed by atoms with E-state index in [1.807, 2.05) is 31.6 Å². The van der Waals surface area contributed by atoms with Crippen molar-refractivity contribution in [2.45, 2.75) is 10.8 Å². The summed E-state index contributed by atoms with van der Waals surface area (Å²) in [7, 11) is 1.85. The van der Waals surface area contributed by atoms with Gasteiger partial charge in [-0.1, -0.05) is 23.1 Å². The second-order valence-electron chi connectivity index (χ2n) is 3.08. The molecule has 0 radical (unpaired) electrons. The van der Waals surface area contributed by atoms with E-state index in [1.165, 1.54) is 5.56 Å². The van der Waals surface area contributed by atoms with E-state index in [4.69, 9.17) is 0 Å². The third-order valence-corrected chi connectivity index (χ3v) is 4.06. The van der Waals surface area contributed by atoms with Crippen LogP contribution in [0.1, 0.15) is 5.56 Å². The molecule has 2 heterocycles. The standard InChI is InChI=1S/C10H12N4S2/c1-11-9-13-14-10(16-9)15-7-4-8-2-5-12-6-3-8/h2-3,5-6H,4,7H2,1H3,(H,11,13). The van der Waals surface area contributed by atoms with Gasteiger partial charge in [-0.15, -0.1) is 10.2 Å². The van der Waals surface area contributed by atoms with Crippen molar-refractivity contribution in [3.63, 3.8) is 0 Å². The quantitative estimate of drug-likeness (QED) is 0.828. The maximum atomic E-state index is 4.07. The van der Waals surface area contributed by atoms with Crippen LogP contribution < -0.4 is 5.32 Å². The Balaban J connectivity index is 1.80. The van der Waals surface area contributed by atoms with E-state index in [9.17, 15) is 0 Å². The van der Waals surface area contributed by atoms with Crippen molar-refractivity contribution in [1.29, 1.82) is 0 Å². The summed E-state index contributed by atoms with van der Waals surface area (Å²) in [6.07, 6.45) is 4.68. The first-order valence-corrected chi connectivity index (χ1v) is 6.71. The van der Waals surface area contributed by atoms with Gasteiger partial charge in [0.25, 0.3) is 0 Å². The minimum Gasteiger partial charge on any atom is -0.363 e. The van der Waals surface area contributed by atoms with Gasteiger partial charge in [-0.05, 0) is 24.1 Å². The number of pyridine rings is 1. The molecule has 0 spiro atoms. The number of hydrogen-bond donors (Lipinski definition) is 1. The number of nitrogens with one attached hydrogen (secondary N) is 1. The van der Waals surface area contributed by atoms with Crippen LogP contribution >= 0.6 is 23.1 Å². The molecule has 84 valence electrons. The molecule has 0 aromatic carbocycles.